The van der Waals surface area contributed by atoms with Crippen molar-refractivity contribution >= 4 is 23.4 Å². The first-order valence-corrected chi connectivity index (χ1v) is 5.86. The number of carboxylic acids is 1. The topological polar surface area (TPSA) is 80.6 Å². The van der Waals surface area contributed by atoms with E-state index in [4.69, 9.17) is 9.52 Å². The number of carbonyl (C=O) groups is 1. The van der Waals surface area contributed by atoms with Crippen LogP contribution in [-0.4, -0.2) is 25.7 Å². The summed E-state index contributed by atoms with van der Waals surface area (Å²) in [5.74, 6) is -1.18. The molecule has 3 aromatic heterocycles. The van der Waals surface area contributed by atoms with E-state index in [1.807, 2.05) is 24.4 Å². The number of fused-ring (bicyclic) bond motifs is 1. The molecule has 0 aliphatic carbocycles. The molecular weight excluding hydrogens is 254 g/mol. The maximum atomic E-state index is 10.7. The Labute approximate surface area is 105 Å². The molecular formula is C11H7N3O3S. The van der Waals surface area contributed by atoms with Gasteiger partial charge in [0, 0.05) is 6.20 Å². The summed E-state index contributed by atoms with van der Waals surface area (Å²) in [5, 5.41) is 17.8. The normalized spacial score (nSPS) is 10.9. The molecule has 0 fully saturated rings. The maximum Gasteiger partial charge on any atom is 0.371 e. The summed E-state index contributed by atoms with van der Waals surface area (Å²) in [7, 11) is 0. The van der Waals surface area contributed by atoms with Crippen LogP contribution in [0.3, 0.4) is 0 Å². The summed E-state index contributed by atoms with van der Waals surface area (Å²) in [5.41, 5.74) is 0.727. The van der Waals surface area contributed by atoms with E-state index in [0.717, 1.165) is 5.65 Å². The van der Waals surface area contributed by atoms with Crippen molar-refractivity contribution < 1.29 is 14.3 Å². The molecule has 0 radical (unpaired) electrons. The van der Waals surface area contributed by atoms with E-state index in [1.54, 1.807) is 10.5 Å². The maximum absolute atomic E-state index is 10.7. The molecule has 7 heteroatoms. The summed E-state index contributed by atoms with van der Waals surface area (Å²) in [6.07, 6.45) is 1.83. The quantitative estimate of drug-likeness (QED) is 0.778. The lowest BCUT2D eigenvalue weighted by Gasteiger charge is -1.95. The predicted octanol–water partition coefficient (Wildman–Crippen LogP) is 2.17. The predicted molar refractivity (Wildman–Crippen MR) is 62.8 cm³/mol. The van der Waals surface area contributed by atoms with Gasteiger partial charge < -0.3 is 9.52 Å². The number of aromatic nitrogens is 3. The van der Waals surface area contributed by atoms with Crippen molar-refractivity contribution in [2.24, 2.45) is 0 Å². The van der Waals surface area contributed by atoms with Crippen LogP contribution in [0.15, 0.2) is 51.2 Å². The third-order valence-electron chi connectivity index (χ3n) is 2.27. The van der Waals surface area contributed by atoms with Crippen LogP contribution in [0, 0.1) is 0 Å². The van der Waals surface area contributed by atoms with Crippen molar-refractivity contribution in [3.8, 4) is 0 Å². The van der Waals surface area contributed by atoms with Crippen LogP contribution in [0.1, 0.15) is 10.6 Å². The van der Waals surface area contributed by atoms with Gasteiger partial charge in [0.15, 0.2) is 10.7 Å². The van der Waals surface area contributed by atoms with Crippen molar-refractivity contribution in [1.82, 2.24) is 14.6 Å². The zero-order valence-electron chi connectivity index (χ0n) is 8.98. The Morgan fingerprint density at radius 1 is 1.28 bits per heavy atom. The summed E-state index contributed by atoms with van der Waals surface area (Å²) in [4.78, 5) is 10.7. The molecule has 0 bridgehead atoms. The highest BCUT2D eigenvalue weighted by Crippen LogP contribution is 2.28. The zero-order chi connectivity index (χ0) is 12.5. The van der Waals surface area contributed by atoms with Gasteiger partial charge in [0.2, 0.25) is 10.9 Å². The van der Waals surface area contributed by atoms with E-state index in [0.29, 0.717) is 10.2 Å². The first kappa shape index (κ1) is 10.8. The highest BCUT2D eigenvalue weighted by molar-refractivity contribution is 7.99. The standard InChI is InChI=1S/C11H7N3O3S/c15-10(16)7-4-5-9(17-7)18-11-13-12-8-3-1-2-6-14(8)11/h1-6H,(H,15,16). The van der Waals surface area contributed by atoms with E-state index in [-0.39, 0.29) is 5.76 Å². The second-order valence-corrected chi connectivity index (χ2v) is 4.41. The van der Waals surface area contributed by atoms with Gasteiger partial charge in [-0.2, -0.15) is 0 Å². The van der Waals surface area contributed by atoms with E-state index in [2.05, 4.69) is 10.2 Å². The molecule has 0 aliphatic heterocycles. The van der Waals surface area contributed by atoms with Crippen LogP contribution >= 0.6 is 11.8 Å². The first-order valence-electron chi connectivity index (χ1n) is 5.05. The average Bonchev–Trinajstić information content (AvgIpc) is 2.98. The fourth-order valence-corrected chi connectivity index (χ4v) is 2.25. The summed E-state index contributed by atoms with van der Waals surface area (Å²) < 4.78 is 6.95. The molecule has 0 saturated heterocycles. The second kappa shape index (κ2) is 4.19. The average molecular weight is 261 g/mol. The van der Waals surface area contributed by atoms with Crippen molar-refractivity contribution in [2.75, 3.05) is 0 Å². The largest absolute Gasteiger partial charge is 0.475 e. The monoisotopic (exact) mass is 261 g/mol. The minimum absolute atomic E-state index is 0.0914. The minimum Gasteiger partial charge on any atom is -0.475 e. The number of furan rings is 1. The Morgan fingerprint density at radius 3 is 2.94 bits per heavy atom. The number of hydrogen-bond donors (Lipinski definition) is 1. The van der Waals surface area contributed by atoms with Crippen molar-refractivity contribution in [3.63, 3.8) is 0 Å². The van der Waals surface area contributed by atoms with Crippen LogP contribution < -0.4 is 0 Å². The fraction of sp³-hybridized carbons (Fsp3) is 0. The van der Waals surface area contributed by atoms with E-state index < -0.39 is 5.97 Å². The SMILES string of the molecule is O=C(O)c1ccc(Sc2nnc3ccccn23)o1. The van der Waals surface area contributed by atoms with Gasteiger partial charge in [-0.3, -0.25) is 4.40 Å². The van der Waals surface area contributed by atoms with Gasteiger partial charge in [0.25, 0.3) is 0 Å². The summed E-state index contributed by atoms with van der Waals surface area (Å²) >= 11 is 1.22. The summed E-state index contributed by atoms with van der Waals surface area (Å²) in [6, 6.07) is 8.58. The Morgan fingerprint density at radius 2 is 2.17 bits per heavy atom. The van der Waals surface area contributed by atoms with E-state index >= 15 is 0 Å². The molecule has 1 N–H and O–H groups in total. The Hall–Kier alpha value is -2.28. The van der Waals surface area contributed by atoms with Crippen molar-refractivity contribution in [3.05, 3.63) is 42.3 Å². The van der Waals surface area contributed by atoms with Crippen LogP contribution in [0.25, 0.3) is 5.65 Å². The van der Waals surface area contributed by atoms with Gasteiger partial charge in [0.05, 0.1) is 0 Å². The number of nitrogens with zero attached hydrogens (tertiary/aromatic N) is 3. The number of rotatable bonds is 3. The van der Waals surface area contributed by atoms with Crippen LogP contribution in [0.2, 0.25) is 0 Å². The van der Waals surface area contributed by atoms with Crippen LogP contribution in [0.5, 0.6) is 0 Å². The molecule has 0 saturated carbocycles. The molecule has 0 aromatic carbocycles. The van der Waals surface area contributed by atoms with E-state index in [9.17, 15) is 4.79 Å². The Kier molecular flexibility index (Phi) is 2.52. The van der Waals surface area contributed by atoms with Gasteiger partial charge in [-0.05, 0) is 36.0 Å². The molecule has 0 atom stereocenters. The third-order valence-corrected chi connectivity index (χ3v) is 3.15. The van der Waals surface area contributed by atoms with Crippen LogP contribution in [0.4, 0.5) is 0 Å². The molecule has 3 heterocycles. The van der Waals surface area contributed by atoms with Crippen molar-refractivity contribution in [2.45, 2.75) is 10.2 Å². The highest BCUT2D eigenvalue weighted by Gasteiger charge is 2.12. The van der Waals surface area contributed by atoms with E-state index in [1.165, 1.54) is 17.8 Å². The number of aromatic carboxylic acids is 1. The van der Waals surface area contributed by atoms with Gasteiger partial charge in [-0.15, -0.1) is 10.2 Å². The molecule has 90 valence electrons. The number of pyridine rings is 1. The summed E-state index contributed by atoms with van der Waals surface area (Å²) in [6.45, 7) is 0. The highest BCUT2D eigenvalue weighted by atomic mass is 32.2. The number of carboxylic acid groups (broad SMARTS) is 1. The Balaban J connectivity index is 1.93. The van der Waals surface area contributed by atoms with Gasteiger partial charge in [-0.1, -0.05) is 6.07 Å². The second-order valence-electron chi connectivity index (χ2n) is 3.44. The fourth-order valence-electron chi connectivity index (χ4n) is 1.47. The third kappa shape index (κ3) is 1.84. The van der Waals surface area contributed by atoms with Gasteiger partial charge in [-0.25, -0.2) is 4.79 Å². The molecule has 0 unspecified atom stereocenters. The molecule has 0 aliphatic rings. The lowest BCUT2D eigenvalue weighted by atomic mass is 10.5. The minimum atomic E-state index is -1.09. The van der Waals surface area contributed by atoms with Crippen molar-refractivity contribution in [1.29, 1.82) is 0 Å². The van der Waals surface area contributed by atoms with Gasteiger partial charge in [0.1, 0.15) is 0 Å². The molecule has 3 rings (SSSR count). The molecule has 3 aromatic rings. The molecule has 0 spiro atoms. The lowest BCUT2D eigenvalue weighted by Crippen LogP contribution is -1.91. The first-order chi connectivity index (χ1) is 8.74. The zero-order valence-corrected chi connectivity index (χ0v) is 9.79. The Bertz CT molecular complexity index is 719. The molecule has 0 amide bonds. The molecule has 18 heavy (non-hydrogen) atoms. The van der Waals surface area contributed by atoms with Gasteiger partial charge >= 0.3 is 5.97 Å². The molecule has 6 nitrogen and oxygen atoms in total. The smallest absolute Gasteiger partial charge is 0.371 e. The lowest BCUT2D eigenvalue weighted by molar-refractivity contribution is 0.0656. The number of hydrogen-bond acceptors (Lipinski definition) is 5. The van der Waals surface area contributed by atoms with Crippen LogP contribution in [-0.2, 0) is 0 Å².